The third-order valence-corrected chi connectivity index (χ3v) is 13.4. The molecule has 0 aromatic heterocycles. The van der Waals surface area contributed by atoms with Crippen LogP contribution in [0.5, 0.6) is 23.0 Å². The van der Waals surface area contributed by atoms with Crippen molar-refractivity contribution in [3.63, 3.8) is 0 Å². The molecule has 1 aliphatic carbocycles. The van der Waals surface area contributed by atoms with Gasteiger partial charge in [-0.3, -0.25) is 19.6 Å². The maximum atomic E-state index is 14.0. The van der Waals surface area contributed by atoms with E-state index in [9.17, 15) is 9.59 Å². The molecule has 2 heterocycles. The van der Waals surface area contributed by atoms with E-state index >= 15 is 0 Å². The van der Waals surface area contributed by atoms with E-state index in [1.54, 1.807) is 55.8 Å². The van der Waals surface area contributed by atoms with Crippen molar-refractivity contribution >= 4 is 69.5 Å². The lowest BCUT2D eigenvalue weighted by Gasteiger charge is -2.25. The van der Waals surface area contributed by atoms with Crippen LogP contribution >= 0.6 is 21.6 Å². The van der Waals surface area contributed by atoms with Crippen LogP contribution in [0.3, 0.4) is 0 Å². The van der Waals surface area contributed by atoms with Gasteiger partial charge in [-0.15, -0.1) is 0 Å². The molecule has 0 bridgehead atoms. The number of aliphatic imine (C=N–C) groups is 2. The fraction of sp³-hybridized carbons (Fsp3) is 0.333. The number of hydroxylamine groups is 1. The van der Waals surface area contributed by atoms with E-state index in [1.165, 1.54) is 32.5 Å². The number of allylic oxidation sites excluding steroid dienone is 3. The molecule has 0 saturated carbocycles. The van der Waals surface area contributed by atoms with Gasteiger partial charge < -0.3 is 28.7 Å². The predicted molar refractivity (Wildman–Crippen MR) is 254 cm³/mol. The Morgan fingerprint density at radius 2 is 1.64 bits per heavy atom. The van der Waals surface area contributed by atoms with Crippen LogP contribution in [0.15, 0.2) is 100 Å². The fourth-order valence-corrected chi connectivity index (χ4v) is 9.73. The van der Waals surface area contributed by atoms with Gasteiger partial charge in [0.25, 0.3) is 5.91 Å². The SMILES string of the molecule is C=Nc1cc(OCc2cc(COc3cc(/N=C\C4Cc5ccccc5N4C)c(C=O)cc3OC)cc(N(CC(C)SSC)OOOC)c2)c(OC)cc1C(=O)N1CCC2=CCCC=C21. The molecule has 1 fully saturated rings. The van der Waals surface area contributed by atoms with Crippen molar-refractivity contribution in [1.82, 2.24) is 4.90 Å². The van der Waals surface area contributed by atoms with Crippen LogP contribution in [0, 0.1) is 0 Å². The van der Waals surface area contributed by atoms with E-state index in [0.29, 0.717) is 64.3 Å². The summed E-state index contributed by atoms with van der Waals surface area (Å²) in [4.78, 5) is 49.7. The van der Waals surface area contributed by atoms with Crippen molar-refractivity contribution in [3.8, 4) is 23.0 Å². The number of carbonyl (C=O) groups is 2. The summed E-state index contributed by atoms with van der Waals surface area (Å²) in [6.07, 6.45) is 12.5. The van der Waals surface area contributed by atoms with Crippen molar-refractivity contribution in [3.05, 3.63) is 118 Å². The Morgan fingerprint density at radius 1 is 0.938 bits per heavy atom. The second-order valence-corrected chi connectivity index (χ2v) is 18.2. The van der Waals surface area contributed by atoms with Gasteiger partial charge in [-0.05, 0) is 102 Å². The van der Waals surface area contributed by atoms with E-state index in [-0.39, 0.29) is 30.4 Å². The number of carbonyl (C=O) groups excluding carboxylic acids is 2. The number of hydrogen-bond acceptors (Lipinski definition) is 15. The normalized spacial score (nSPS) is 15.9. The second kappa shape index (κ2) is 21.7. The van der Waals surface area contributed by atoms with Crippen LogP contribution in [0.4, 0.5) is 22.7 Å². The van der Waals surface area contributed by atoms with Gasteiger partial charge in [-0.1, -0.05) is 63.9 Å². The number of aldehydes is 1. The summed E-state index contributed by atoms with van der Waals surface area (Å²) < 4.78 is 24.4. The second-order valence-electron chi connectivity index (χ2n) is 15.3. The number of para-hydroxylation sites is 1. The number of likely N-dealkylation sites (tertiary alicyclic amines) is 1. The molecule has 0 spiro atoms. The highest BCUT2D eigenvalue weighted by Crippen LogP contribution is 2.40. The minimum absolute atomic E-state index is 0.0197. The summed E-state index contributed by atoms with van der Waals surface area (Å²) >= 11 is 0. The zero-order chi connectivity index (χ0) is 45.2. The molecule has 16 heteroatoms. The largest absolute Gasteiger partial charge is 0.493 e. The van der Waals surface area contributed by atoms with Gasteiger partial charge in [0.2, 0.25) is 0 Å². The number of nitrogens with zero attached hydrogens (tertiary/aromatic N) is 5. The van der Waals surface area contributed by atoms with Crippen LogP contribution in [-0.4, -0.2) is 89.0 Å². The molecule has 14 nitrogen and oxygen atoms in total. The van der Waals surface area contributed by atoms with Gasteiger partial charge in [-0.2, -0.15) is 0 Å². The Balaban J connectivity index is 1.16. The van der Waals surface area contributed by atoms with Gasteiger partial charge >= 0.3 is 0 Å². The quantitative estimate of drug-likeness (QED) is 0.0259. The highest BCUT2D eigenvalue weighted by molar-refractivity contribution is 8.76. The van der Waals surface area contributed by atoms with E-state index in [4.69, 9.17) is 38.9 Å². The lowest BCUT2D eigenvalue weighted by Crippen LogP contribution is -2.30. The summed E-state index contributed by atoms with van der Waals surface area (Å²) in [6.45, 7) is 7.06. The Kier molecular flexibility index (Phi) is 15.7. The van der Waals surface area contributed by atoms with E-state index < -0.39 is 0 Å². The number of ether oxygens (including phenoxy) is 4. The third kappa shape index (κ3) is 10.6. The Hall–Kier alpha value is -5.78. The molecule has 3 aliphatic rings. The lowest BCUT2D eigenvalue weighted by atomic mass is 10.0. The Morgan fingerprint density at radius 3 is 2.31 bits per heavy atom. The molecule has 1 amide bonds. The van der Waals surface area contributed by atoms with Gasteiger partial charge in [0.1, 0.15) is 13.2 Å². The lowest BCUT2D eigenvalue weighted by molar-refractivity contribution is -0.507. The molecule has 4 aromatic rings. The van der Waals surface area contributed by atoms with Crippen LogP contribution in [0.25, 0.3) is 0 Å². The summed E-state index contributed by atoms with van der Waals surface area (Å²) in [5, 5.41) is 6.70. The Labute approximate surface area is 382 Å². The maximum absolute atomic E-state index is 14.0. The Bertz CT molecular complexity index is 2440. The minimum atomic E-state index is -0.169. The summed E-state index contributed by atoms with van der Waals surface area (Å²) in [6, 6.07) is 20.8. The standard InChI is InChI=1S/C48H53N5O9S2/c1-31(64-63-7)27-53(61-62-58-6)37-19-32(29-59-46-24-40(36(28-54)22-44(46)56-4)50-26-38-21-35-13-9-10-14-42(35)51(38)3)18-33(20-37)30-60-47-25-41(49-2)39(23-45(47)57-5)48(55)52-17-16-34-12-8-11-15-43(34)52/h9-10,12-15,18-20,22-26,28,31,38H,2,8,11,16-17,21,27,29-30H2,1,3-7H3/b50-26-. The molecule has 0 radical (unpaired) electrons. The first-order valence-electron chi connectivity index (χ1n) is 20.8. The number of hydrogen-bond donors (Lipinski definition) is 0. The number of likely N-dealkylation sites (N-methyl/N-ethyl adjacent to an activating group) is 1. The smallest absolute Gasteiger partial charge is 0.260 e. The fourth-order valence-electron chi connectivity index (χ4n) is 8.04. The van der Waals surface area contributed by atoms with Gasteiger partial charge in [0.05, 0.1) is 56.5 Å². The molecule has 2 unspecified atom stereocenters. The van der Waals surface area contributed by atoms with Crippen molar-refractivity contribution in [1.29, 1.82) is 0 Å². The van der Waals surface area contributed by atoms with Gasteiger partial charge in [-0.25, -0.2) is 9.95 Å². The van der Waals surface area contributed by atoms with Crippen LogP contribution < -0.4 is 28.9 Å². The first-order chi connectivity index (χ1) is 31.2. The monoisotopic (exact) mass is 907 g/mol. The van der Waals surface area contributed by atoms with E-state index in [1.807, 2.05) is 49.8 Å². The molecule has 7 rings (SSSR count). The summed E-state index contributed by atoms with van der Waals surface area (Å²) in [7, 11) is 9.79. The van der Waals surface area contributed by atoms with Gasteiger partial charge in [0.15, 0.2) is 29.3 Å². The zero-order valence-corrected chi connectivity index (χ0v) is 38.5. The van der Waals surface area contributed by atoms with Gasteiger partial charge in [0, 0.05) is 54.1 Å². The highest BCUT2D eigenvalue weighted by atomic mass is 33.1. The number of anilines is 2. The number of benzene rings is 4. The molecule has 64 heavy (non-hydrogen) atoms. The number of amides is 1. The topological polar surface area (TPSA) is 133 Å². The third-order valence-electron chi connectivity index (χ3n) is 11.2. The first kappa shape index (κ1) is 46.2. The van der Waals surface area contributed by atoms with Crippen molar-refractivity contribution < 1.29 is 43.5 Å². The first-order valence-corrected chi connectivity index (χ1v) is 23.5. The maximum Gasteiger partial charge on any atom is 0.260 e. The summed E-state index contributed by atoms with van der Waals surface area (Å²) in [5.41, 5.74) is 8.28. The molecular formula is C48H53N5O9S2. The molecule has 336 valence electrons. The molecular weight excluding hydrogens is 855 g/mol. The van der Waals surface area contributed by atoms with Crippen LogP contribution in [0.2, 0.25) is 0 Å². The molecule has 4 aromatic carbocycles. The molecule has 1 saturated heterocycles. The highest BCUT2D eigenvalue weighted by Gasteiger charge is 2.31. The van der Waals surface area contributed by atoms with E-state index in [0.717, 1.165) is 54.5 Å². The average Bonchev–Trinajstić information content (AvgIpc) is 3.90. The molecule has 2 aliphatic heterocycles. The average molecular weight is 908 g/mol. The number of fused-ring (bicyclic) bond motifs is 2. The minimum Gasteiger partial charge on any atom is -0.493 e. The summed E-state index contributed by atoms with van der Waals surface area (Å²) in [5.74, 6) is 1.36. The van der Waals surface area contributed by atoms with E-state index in [2.05, 4.69) is 47.8 Å². The van der Waals surface area contributed by atoms with Crippen molar-refractivity contribution in [2.24, 2.45) is 9.98 Å². The van der Waals surface area contributed by atoms with Crippen LogP contribution in [-0.2, 0) is 34.5 Å². The van der Waals surface area contributed by atoms with Crippen LogP contribution in [0.1, 0.15) is 63.6 Å². The predicted octanol–water partition coefficient (Wildman–Crippen LogP) is 9.85. The van der Waals surface area contributed by atoms with Crippen molar-refractivity contribution in [2.75, 3.05) is 57.7 Å². The molecule has 2 atom stereocenters. The zero-order valence-electron chi connectivity index (χ0n) is 36.9. The number of methoxy groups -OCH3 is 2. The molecule has 0 N–H and O–H groups in total. The van der Waals surface area contributed by atoms with Crippen molar-refractivity contribution in [2.45, 2.75) is 57.1 Å². The number of rotatable bonds is 21.